The molecule has 0 fully saturated rings. The number of nitrogens with two attached hydrogens (primary N) is 1. The molecule has 0 amide bonds. The first-order chi connectivity index (χ1) is 9.78. The highest BCUT2D eigenvalue weighted by atomic mass is 15.1. The highest BCUT2D eigenvalue weighted by Crippen LogP contribution is 2.12. The van der Waals surface area contributed by atoms with Crippen molar-refractivity contribution in [2.75, 3.05) is 29.5 Å². The molecule has 6 heteroatoms. The van der Waals surface area contributed by atoms with Crippen LogP contribution in [-0.4, -0.2) is 28.0 Å². The fourth-order valence-electron chi connectivity index (χ4n) is 1.78. The van der Waals surface area contributed by atoms with Gasteiger partial charge in [0, 0.05) is 31.5 Å². The molecular weight excluding hydrogens is 252 g/mol. The lowest BCUT2D eigenvalue weighted by Gasteiger charge is -2.09. The minimum Gasteiger partial charge on any atom is -0.370 e. The Hall–Kier alpha value is -2.37. The van der Waals surface area contributed by atoms with Crippen LogP contribution in [0.1, 0.15) is 18.9 Å². The maximum atomic E-state index is 5.70. The number of nitrogen functional groups attached to an aromatic ring is 1. The molecule has 0 aromatic carbocycles. The quantitative estimate of drug-likeness (QED) is 0.713. The summed E-state index contributed by atoms with van der Waals surface area (Å²) in [5.41, 5.74) is 6.89. The van der Waals surface area contributed by atoms with Crippen molar-refractivity contribution >= 4 is 17.6 Å². The van der Waals surface area contributed by atoms with E-state index < -0.39 is 0 Å². The predicted octanol–water partition coefficient (Wildman–Crippen LogP) is 1.93. The van der Waals surface area contributed by atoms with Crippen LogP contribution in [0.4, 0.5) is 17.6 Å². The van der Waals surface area contributed by atoms with Crippen molar-refractivity contribution in [1.29, 1.82) is 0 Å². The molecule has 0 aliphatic rings. The van der Waals surface area contributed by atoms with Crippen LogP contribution in [0.15, 0.2) is 30.6 Å². The minimum absolute atomic E-state index is 0.273. The largest absolute Gasteiger partial charge is 0.370 e. The maximum Gasteiger partial charge on any atom is 0.223 e. The Balaban J connectivity index is 1.90. The summed E-state index contributed by atoms with van der Waals surface area (Å²) in [4.78, 5) is 12.4. The summed E-state index contributed by atoms with van der Waals surface area (Å²) in [6.45, 7) is 3.74. The number of pyridine rings is 1. The zero-order valence-electron chi connectivity index (χ0n) is 11.6. The van der Waals surface area contributed by atoms with Crippen molar-refractivity contribution in [1.82, 2.24) is 15.0 Å². The van der Waals surface area contributed by atoms with Crippen LogP contribution in [-0.2, 0) is 6.42 Å². The normalized spacial score (nSPS) is 10.2. The Morgan fingerprint density at radius 2 is 1.90 bits per heavy atom. The number of hydrogen-bond donors (Lipinski definition) is 3. The van der Waals surface area contributed by atoms with Gasteiger partial charge in [0.15, 0.2) is 0 Å². The third kappa shape index (κ3) is 4.38. The highest BCUT2D eigenvalue weighted by molar-refractivity contribution is 5.51. The number of rotatable bonds is 7. The van der Waals surface area contributed by atoms with Crippen molar-refractivity contribution in [3.63, 3.8) is 0 Å². The van der Waals surface area contributed by atoms with Gasteiger partial charge in [-0.25, -0.2) is 0 Å². The maximum absolute atomic E-state index is 5.70. The molecule has 2 rings (SSSR count). The topological polar surface area (TPSA) is 88.8 Å². The Morgan fingerprint density at radius 1 is 1.15 bits per heavy atom. The molecule has 0 unspecified atom stereocenters. The molecule has 0 aliphatic heterocycles. The average Bonchev–Trinajstić information content (AvgIpc) is 2.46. The van der Waals surface area contributed by atoms with E-state index >= 15 is 0 Å². The SMILES string of the molecule is CCCNc1cc(NCCc2cccnc2)nc(N)n1. The fraction of sp³-hybridized carbons (Fsp3) is 0.357. The summed E-state index contributed by atoms with van der Waals surface area (Å²) in [6, 6.07) is 5.86. The molecule has 2 heterocycles. The first-order valence-electron chi connectivity index (χ1n) is 6.79. The lowest BCUT2D eigenvalue weighted by Crippen LogP contribution is -2.10. The van der Waals surface area contributed by atoms with Gasteiger partial charge in [-0.05, 0) is 24.5 Å². The van der Waals surface area contributed by atoms with Crippen molar-refractivity contribution in [3.8, 4) is 0 Å². The molecular formula is C14H20N6. The molecule has 0 radical (unpaired) electrons. The van der Waals surface area contributed by atoms with E-state index in [0.29, 0.717) is 0 Å². The molecule has 4 N–H and O–H groups in total. The van der Waals surface area contributed by atoms with Gasteiger partial charge in [0.2, 0.25) is 5.95 Å². The molecule has 2 aromatic rings. The molecule has 0 atom stereocenters. The number of nitrogens with one attached hydrogen (secondary N) is 2. The van der Waals surface area contributed by atoms with Crippen LogP contribution in [0, 0.1) is 0 Å². The van der Waals surface area contributed by atoms with Crippen molar-refractivity contribution in [2.24, 2.45) is 0 Å². The monoisotopic (exact) mass is 272 g/mol. The van der Waals surface area contributed by atoms with Crippen LogP contribution in [0.3, 0.4) is 0 Å². The van der Waals surface area contributed by atoms with Crippen LogP contribution in [0.25, 0.3) is 0 Å². The second-order valence-electron chi connectivity index (χ2n) is 4.46. The van der Waals surface area contributed by atoms with Crippen molar-refractivity contribution in [3.05, 3.63) is 36.2 Å². The van der Waals surface area contributed by atoms with Crippen LogP contribution >= 0.6 is 0 Å². The number of nitrogens with zero attached hydrogens (tertiary/aromatic N) is 3. The van der Waals surface area contributed by atoms with Gasteiger partial charge in [-0.1, -0.05) is 13.0 Å². The summed E-state index contributed by atoms with van der Waals surface area (Å²) >= 11 is 0. The van der Waals surface area contributed by atoms with E-state index in [9.17, 15) is 0 Å². The summed E-state index contributed by atoms with van der Waals surface area (Å²) in [6.07, 6.45) is 5.56. The van der Waals surface area contributed by atoms with E-state index in [4.69, 9.17) is 5.73 Å². The number of anilines is 3. The summed E-state index contributed by atoms with van der Waals surface area (Å²) in [7, 11) is 0. The second kappa shape index (κ2) is 7.28. The first kappa shape index (κ1) is 14.0. The molecule has 0 saturated heterocycles. The van der Waals surface area contributed by atoms with E-state index in [1.165, 1.54) is 5.56 Å². The zero-order valence-corrected chi connectivity index (χ0v) is 11.6. The van der Waals surface area contributed by atoms with Gasteiger partial charge in [0.1, 0.15) is 11.6 Å². The van der Waals surface area contributed by atoms with Gasteiger partial charge in [-0.2, -0.15) is 9.97 Å². The zero-order chi connectivity index (χ0) is 14.2. The highest BCUT2D eigenvalue weighted by Gasteiger charge is 2.01. The van der Waals surface area contributed by atoms with Gasteiger partial charge in [0.25, 0.3) is 0 Å². The third-order valence-electron chi connectivity index (χ3n) is 2.74. The minimum atomic E-state index is 0.273. The lowest BCUT2D eigenvalue weighted by molar-refractivity contribution is 0.961. The fourth-order valence-corrected chi connectivity index (χ4v) is 1.78. The summed E-state index contributed by atoms with van der Waals surface area (Å²) in [5, 5.41) is 6.45. The van der Waals surface area contributed by atoms with Gasteiger partial charge < -0.3 is 16.4 Å². The van der Waals surface area contributed by atoms with Crippen molar-refractivity contribution in [2.45, 2.75) is 19.8 Å². The molecule has 106 valence electrons. The third-order valence-corrected chi connectivity index (χ3v) is 2.74. The van der Waals surface area contributed by atoms with Gasteiger partial charge in [0.05, 0.1) is 0 Å². The van der Waals surface area contributed by atoms with Gasteiger partial charge in [-0.15, -0.1) is 0 Å². The Bertz CT molecular complexity index is 528. The smallest absolute Gasteiger partial charge is 0.223 e. The summed E-state index contributed by atoms with van der Waals surface area (Å²) in [5.74, 6) is 1.76. The van der Waals surface area contributed by atoms with E-state index in [1.54, 1.807) is 6.20 Å². The first-order valence-corrected chi connectivity index (χ1v) is 6.79. The molecule has 0 aliphatic carbocycles. The van der Waals surface area contributed by atoms with E-state index in [2.05, 4.69) is 38.6 Å². The predicted molar refractivity (Wildman–Crippen MR) is 81.7 cm³/mol. The second-order valence-corrected chi connectivity index (χ2v) is 4.46. The Labute approximate surface area is 118 Å². The molecule has 6 nitrogen and oxygen atoms in total. The molecule has 20 heavy (non-hydrogen) atoms. The number of hydrogen-bond acceptors (Lipinski definition) is 6. The van der Waals surface area contributed by atoms with Crippen LogP contribution < -0.4 is 16.4 Å². The van der Waals surface area contributed by atoms with E-state index in [-0.39, 0.29) is 5.95 Å². The van der Waals surface area contributed by atoms with Crippen molar-refractivity contribution < 1.29 is 0 Å². The standard InChI is InChI=1S/C14H20N6/c1-2-6-17-12-9-13(20-14(15)19-12)18-8-5-11-4-3-7-16-10-11/h3-4,7,9-10H,2,5-6,8H2,1H3,(H4,15,17,18,19,20). The van der Waals surface area contributed by atoms with Crippen LogP contribution in [0.2, 0.25) is 0 Å². The molecule has 0 bridgehead atoms. The Kier molecular flexibility index (Phi) is 5.11. The Morgan fingerprint density at radius 3 is 2.55 bits per heavy atom. The van der Waals surface area contributed by atoms with Crippen LogP contribution in [0.5, 0.6) is 0 Å². The lowest BCUT2D eigenvalue weighted by atomic mass is 10.2. The number of aromatic nitrogens is 3. The van der Waals surface area contributed by atoms with E-state index in [1.807, 2.05) is 18.3 Å². The molecule has 0 saturated carbocycles. The average molecular weight is 272 g/mol. The van der Waals surface area contributed by atoms with E-state index in [0.717, 1.165) is 37.6 Å². The molecule has 2 aromatic heterocycles. The summed E-state index contributed by atoms with van der Waals surface area (Å²) < 4.78 is 0. The van der Waals surface area contributed by atoms with Gasteiger partial charge >= 0.3 is 0 Å². The van der Waals surface area contributed by atoms with Gasteiger partial charge in [-0.3, -0.25) is 4.98 Å². The molecule has 0 spiro atoms.